The molecule has 0 bridgehead atoms. The summed E-state index contributed by atoms with van der Waals surface area (Å²) in [6, 6.07) is 8.65. The Bertz CT molecular complexity index is 872. The number of rotatable bonds is 5. The number of hydrogen-bond acceptors (Lipinski definition) is 3. The van der Waals surface area contributed by atoms with Crippen LogP contribution in [0.1, 0.15) is 47.5 Å². The summed E-state index contributed by atoms with van der Waals surface area (Å²) in [5.74, 6) is -0.645. The second kappa shape index (κ2) is 6.98. The highest BCUT2D eigenvalue weighted by molar-refractivity contribution is 8.45. The van der Waals surface area contributed by atoms with E-state index in [0.29, 0.717) is 18.1 Å². The number of ether oxygens (including phenoxy) is 2. The van der Waals surface area contributed by atoms with E-state index in [9.17, 15) is 24.2 Å². The average molecular weight is 436 g/mol. The Kier molecular flexibility index (Phi) is 5.20. The van der Waals surface area contributed by atoms with Crippen LogP contribution in [0.3, 0.4) is 0 Å². The van der Waals surface area contributed by atoms with Crippen LogP contribution in [0.15, 0.2) is 53.4 Å². The standard InChI is InChI=1S/C20H21F5O3S/c1-27-17-8-6-15(7-9-17)14-2-4-16(5-3-14)20(26)28-18-10-12-19(13-11-18)29(21,22,23,24)25/h2-5,10-13,15,17H,6-9H2,1H3. The van der Waals surface area contributed by atoms with Crippen LogP contribution in [0, 0.1) is 0 Å². The number of carbonyl (C=O) groups excluding carboxylic acids is 1. The van der Waals surface area contributed by atoms with E-state index in [0.717, 1.165) is 31.2 Å². The molecule has 9 heteroatoms. The van der Waals surface area contributed by atoms with Crippen LogP contribution in [0.25, 0.3) is 0 Å². The van der Waals surface area contributed by atoms with Crippen molar-refractivity contribution < 1.29 is 33.7 Å². The summed E-state index contributed by atoms with van der Waals surface area (Å²) >= 11 is 0. The zero-order valence-corrected chi connectivity index (χ0v) is 16.4. The lowest BCUT2D eigenvalue weighted by Gasteiger charge is -2.40. The fourth-order valence-electron chi connectivity index (χ4n) is 3.45. The van der Waals surface area contributed by atoms with Crippen molar-refractivity contribution in [3.63, 3.8) is 0 Å². The second-order valence-corrected chi connectivity index (χ2v) is 9.57. The zero-order chi connectivity index (χ0) is 21.3. The minimum Gasteiger partial charge on any atom is -0.423 e. The van der Waals surface area contributed by atoms with Gasteiger partial charge in [-0.2, -0.15) is 0 Å². The molecule has 29 heavy (non-hydrogen) atoms. The van der Waals surface area contributed by atoms with Crippen LogP contribution in [0.5, 0.6) is 5.75 Å². The lowest BCUT2D eigenvalue weighted by Crippen LogP contribution is -2.19. The van der Waals surface area contributed by atoms with Crippen molar-refractivity contribution in [2.75, 3.05) is 7.11 Å². The Morgan fingerprint density at radius 2 is 1.41 bits per heavy atom. The minimum atomic E-state index is -9.75. The van der Waals surface area contributed by atoms with Gasteiger partial charge in [-0.15, -0.1) is 0 Å². The third-order valence-electron chi connectivity index (χ3n) is 5.11. The maximum atomic E-state index is 12.7. The van der Waals surface area contributed by atoms with Crippen molar-refractivity contribution in [1.82, 2.24) is 0 Å². The zero-order valence-electron chi connectivity index (χ0n) is 15.6. The fraction of sp³-hybridized carbons (Fsp3) is 0.350. The van der Waals surface area contributed by atoms with E-state index in [4.69, 9.17) is 9.47 Å². The highest BCUT2D eigenvalue weighted by atomic mass is 32.5. The highest BCUT2D eigenvalue weighted by Gasteiger charge is 2.65. The molecule has 1 fully saturated rings. The van der Waals surface area contributed by atoms with Gasteiger partial charge in [0.15, 0.2) is 0 Å². The van der Waals surface area contributed by atoms with E-state index < -0.39 is 21.1 Å². The van der Waals surface area contributed by atoms with Gasteiger partial charge in [0.1, 0.15) is 10.6 Å². The van der Waals surface area contributed by atoms with Crippen molar-refractivity contribution >= 4 is 16.2 Å². The lowest BCUT2D eigenvalue weighted by molar-refractivity contribution is 0.0658. The van der Waals surface area contributed by atoms with Gasteiger partial charge in [-0.1, -0.05) is 31.6 Å². The number of benzene rings is 2. The van der Waals surface area contributed by atoms with Gasteiger partial charge in [0, 0.05) is 7.11 Å². The van der Waals surface area contributed by atoms with Gasteiger partial charge in [-0.25, -0.2) is 4.79 Å². The van der Waals surface area contributed by atoms with Crippen LogP contribution in [-0.4, -0.2) is 19.2 Å². The Balaban J connectivity index is 1.64. The van der Waals surface area contributed by atoms with Crippen molar-refractivity contribution in [2.45, 2.75) is 42.6 Å². The molecule has 0 amide bonds. The van der Waals surface area contributed by atoms with Crippen molar-refractivity contribution in [3.8, 4) is 5.75 Å². The van der Waals surface area contributed by atoms with Gasteiger partial charge < -0.3 is 9.47 Å². The molecule has 2 aromatic carbocycles. The van der Waals surface area contributed by atoms with E-state index in [1.165, 1.54) is 0 Å². The highest BCUT2D eigenvalue weighted by Crippen LogP contribution is 3.02. The summed E-state index contributed by atoms with van der Waals surface area (Å²) in [4.78, 5) is 10.2. The third-order valence-corrected chi connectivity index (χ3v) is 6.27. The molecule has 0 N–H and O–H groups in total. The van der Waals surface area contributed by atoms with Gasteiger partial charge >= 0.3 is 16.2 Å². The first kappa shape index (κ1) is 21.6. The number of esters is 1. The van der Waals surface area contributed by atoms with Crippen molar-refractivity contribution in [2.24, 2.45) is 0 Å². The topological polar surface area (TPSA) is 35.5 Å². The van der Waals surface area contributed by atoms with Gasteiger partial charge in [-0.05, 0) is 73.6 Å². The van der Waals surface area contributed by atoms with Crippen LogP contribution < -0.4 is 4.74 Å². The number of methoxy groups -OCH3 is 1. The second-order valence-electron chi connectivity index (χ2n) is 7.16. The Hall–Kier alpha value is -2.13. The third kappa shape index (κ3) is 5.48. The summed E-state index contributed by atoms with van der Waals surface area (Å²) in [5, 5.41) is 0. The van der Waals surface area contributed by atoms with Crippen molar-refractivity contribution in [1.29, 1.82) is 0 Å². The quantitative estimate of drug-likeness (QED) is 0.282. The molecule has 1 saturated carbocycles. The molecular weight excluding hydrogens is 415 g/mol. The van der Waals surface area contributed by atoms with Crippen LogP contribution in [0.2, 0.25) is 0 Å². The predicted octanol–water partition coefficient (Wildman–Crippen LogP) is 7.24. The molecule has 0 aromatic heterocycles. The van der Waals surface area contributed by atoms with Crippen LogP contribution >= 0.6 is 10.2 Å². The Morgan fingerprint density at radius 1 is 0.862 bits per heavy atom. The lowest BCUT2D eigenvalue weighted by atomic mass is 9.82. The molecule has 2 aromatic rings. The molecule has 3 nitrogen and oxygen atoms in total. The van der Waals surface area contributed by atoms with Gasteiger partial charge in [0.2, 0.25) is 0 Å². The van der Waals surface area contributed by atoms with E-state index in [1.807, 2.05) is 12.1 Å². The van der Waals surface area contributed by atoms with Gasteiger partial charge in [0.25, 0.3) is 0 Å². The average Bonchev–Trinajstić information content (AvgIpc) is 2.67. The van der Waals surface area contributed by atoms with E-state index in [2.05, 4.69) is 0 Å². The summed E-state index contributed by atoms with van der Waals surface area (Å²) in [6.45, 7) is 0. The Morgan fingerprint density at radius 3 is 1.90 bits per heavy atom. The minimum absolute atomic E-state index is 0.212. The first-order chi connectivity index (χ1) is 13.4. The maximum absolute atomic E-state index is 12.7. The Labute approximate surface area is 165 Å². The van der Waals surface area contributed by atoms with Crippen LogP contribution in [0.4, 0.5) is 19.4 Å². The molecule has 0 radical (unpaired) electrons. The summed E-state index contributed by atoms with van der Waals surface area (Å²) in [5.41, 5.74) is 1.31. The number of halogens is 5. The molecule has 0 saturated heterocycles. The number of carbonyl (C=O) groups is 1. The monoisotopic (exact) mass is 436 g/mol. The SMILES string of the molecule is COC1CCC(c2ccc(C(=O)Oc3ccc(S(F)(F)(F)(F)F)cc3)cc2)CC1. The molecule has 1 aliphatic rings. The van der Waals surface area contributed by atoms with Gasteiger partial charge in [0.05, 0.1) is 11.7 Å². The molecule has 160 valence electrons. The maximum Gasteiger partial charge on any atom is 0.343 e. The van der Waals surface area contributed by atoms with Crippen molar-refractivity contribution in [3.05, 3.63) is 59.7 Å². The normalized spacial score (nSPS) is 22.4. The van der Waals surface area contributed by atoms with E-state index >= 15 is 0 Å². The fourth-order valence-corrected chi connectivity index (χ4v) is 4.10. The molecule has 1 aliphatic carbocycles. The predicted molar refractivity (Wildman–Crippen MR) is 101 cm³/mol. The summed E-state index contributed by atoms with van der Waals surface area (Å²) in [7, 11) is -8.04. The molecule has 0 spiro atoms. The largest absolute Gasteiger partial charge is 0.423 e. The molecular formula is C20H21F5O3S. The van der Waals surface area contributed by atoms with Gasteiger partial charge in [-0.3, -0.25) is 0 Å². The van der Waals surface area contributed by atoms with Crippen LogP contribution in [-0.2, 0) is 4.74 Å². The molecule has 0 heterocycles. The molecule has 0 unspecified atom stereocenters. The first-order valence-corrected chi connectivity index (χ1v) is 11.0. The smallest absolute Gasteiger partial charge is 0.343 e. The molecule has 0 aliphatic heterocycles. The summed E-state index contributed by atoms with van der Waals surface area (Å²) < 4.78 is 74.0. The van der Waals surface area contributed by atoms with E-state index in [1.54, 1.807) is 19.2 Å². The number of hydrogen-bond donors (Lipinski definition) is 0. The summed E-state index contributed by atoms with van der Waals surface area (Å²) in [6.07, 6.45) is 4.20. The van der Waals surface area contributed by atoms with E-state index in [-0.39, 0.29) is 29.5 Å². The molecule has 3 rings (SSSR count). The molecule has 0 atom stereocenters. The first-order valence-electron chi connectivity index (χ1n) is 9.05.